The van der Waals surface area contributed by atoms with E-state index in [0.29, 0.717) is 32.0 Å². The van der Waals surface area contributed by atoms with E-state index in [9.17, 15) is 27.2 Å². The molecule has 3 N–H and O–H groups in total. The van der Waals surface area contributed by atoms with Crippen LogP contribution in [-0.4, -0.2) is 36.3 Å². The number of hydrogen-bond acceptors (Lipinski definition) is 3. The van der Waals surface area contributed by atoms with Gasteiger partial charge < -0.3 is 11.1 Å². The summed E-state index contributed by atoms with van der Waals surface area (Å²) in [7, 11) is 0. The molecular formula is C16H19F4N3O2. The molecule has 0 saturated carbocycles. The van der Waals surface area contributed by atoms with Crippen molar-refractivity contribution in [2.45, 2.75) is 25.6 Å². The third kappa shape index (κ3) is 5.42. The molecule has 0 aliphatic carbocycles. The minimum absolute atomic E-state index is 0.0821. The van der Waals surface area contributed by atoms with Crippen LogP contribution in [0.4, 0.5) is 17.6 Å². The highest BCUT2D eigenvalue weighted by Gasteiger charge is 2.34. The molecule has 0 spiro atoms. The second-order valence-electron chi connectivity index (χ2n) is 6.04. The standard InChI is InChI=1S/C16H19F4N3O2/c17-13-2-1-10(7-12(13)16(18,19)20)8-22-14(24)9-23-5-3-11(4-6-23)15(21)25/h1-2,7,11H,3-6,8-9H2,(H2,21,25)(H,22,24). The number of nitrogens with two attached hydrogens (primary N) is 1. The van der Waals surface area contributed by atoms with Gasteiger partial charge in [0.1, 0.15) is 5.82 Å². The number of hydrogen-bond donors (Lipinski definition) is 2. The predicted molar refractivity (Wildman–Crippen MR) is 81.6 cm³/mol. The van der Waals surface area contributed by atoms with Gasteiger partial charge in [0, 0.05) is 12.5 Å². The Morgan fingerprint density at radius 3 is 2.44 bits per heavy atom. The Balaban J connectivity index is 1.84. The first-order chi connectivity index (χ1) is 11.7. The number of rotatable bonds is 5. The average Bonchev–Trinajstić information content (AvgIpc) is 2.53. The Kier molecular flexibility index (Phi) is 5.99. The molecule has 1 aliphatic heterocycles. The molecule has 25 heavy (non-hydrogen) atoms. The molecular weight excluding hydrogens is 342 g/mol. The number of carbonyl (C=O) groups is 2. The van der Waals surface area contributed by atoms with Crippen molar-refractivity contribution in [3.8, 4) is 0 Å². The molecule has 2 amide bonds. The number of piperidine rings is 1. The summed E-state index contributed by atoms with van der Waals surface area (Å²) < 4.78 is 51.2. The largest absolute Gasteiger partial charge is 0.419 e. The molecule has 5 nitrogen and oxygen atoms in total. The van der Waals surface area contributed by atoms with Crippen LogP contribution in [0.15, 0.2) is 18.2 Å². The number of halogens is 4. The van der Waals surface area contributed by atoms with Gasteiger partial charge in [0.15, 0.2) is 0 Å². The average molecular weight is 361 g/mol. The molecule has 1 aliphatic rings. The smallest absolute Gasteiger partial charge is 0.369 e. The number of amides is 2. The Labute approximate surface area is 142 Å². The van der Waals surface area contributed by atoms with Crippen molar-refractivity contribution < 1.29 is 27.2 Å². The minimum atomic E-state index is -4.78. The van der Waals surface area contributed by atoms with Gasteiger partial charge in [-0.1, -0.05) is 6.07 Å². The topological polar surface area (TPSA) is 75.4 Å². The van der Waals surface area contributed by atoms with E-state index >= 15 is 0 Å². The highest BCUT2D eigenvalue weighted by molar-refractivity contribution is 5.78. The lowest BCUT2D eigenvalue weighted by Gasteiger charge is -2.29. The zero-order valence-electron chi connectivity index (χ0n) is 13.4. The molecule has 0 radical (unpaired) electrons. The Morgan fingerprint density at radius 1 is 1.24 bits per heavy atom. The van der Waals surface area contributed by atoms with Crippen LogP contribution in [0, 0.1) is 11.7 Å². The van der Waals surface area contributed by atoms with E-state index in [0.717, 1.165) is 6.07 Å². The first-order valence-electron chi connectivity index (χ1n) is 7.81. The maximum atomic E-state index is 13.2. The molecule has 0 unspecified atom stereocenters. The summed E-state index contributed by atoms with van der Waals surface area (Å²) in [6, 6.07) is 2.62. The molecule has 0 atom stereocenters. The van der Waals surface area contributed by atoms with E-state index in [2.05, 4.69) is 5.32 Å². The minimum Gasteiger partial charge on any atom is -0.369 e. The van der Waals surface area contributed by atoms with Gasteiger partial charge in [-0.3, -0.25) is 14.5 Å². The number of nitrogens with zero attached hydrogens (tertiary/aromatic N) is 1. The number of carbonyl (C=O) groups excluding carboxylic acids is 2. The number of likely N-dealkylation sites (tertiary alicyclic amines) is 1. The van der Waals surface area contributed by atoms with E-state index in [4.69, 9.17) is 5.73 Å². The summed E-state index contributed by atoms with van der Waals surface area (Å²) in [5.41, 5.74) is 4.04. The molecule has 1 aromatic carbocycles. The molecule has 1 aromatic rings. The fourth-order valence-corrected chi connectivity index (χ4v) is 2.73. The van der Waals surface area contributed by atoms with Crippen molar-refractivity contribution in [3.63, 3.8) is 0 Å². The third-order valence-corrected chi connectivity index (χ3v) is 4.18. The Bertz CT molecular complexity index is 641. The van der Waals surface area contributed by atoms with Crippen molar-refractivity contribution in [2.75, 3.05) is 19.6 Å². The number of nitrogens with one attached hydrogen (secondary N) is 1. The van der Waals surface area contributed by atoms with Gasteiger partial charge in [0.25, 0.3) is 0 Å². The molecule has 138 valence electrons. The van der Waals surface area contributed by atoms with Crippen LogP contribution in [0.1, 0.15) is 24.0 Å². The second kappa shape index (κ2) is 7.81. The van der Waals surface area contributed by atoms with Gasteiger partial charge in [-0.25, -0.2) is 4.39 Å². The van der Waals surface area contributed by atoms with Crippen molar-refractivity contribution in [3.05, 3.63) is 35.1 Å². The second-order valence-corrected chi connectivity index (χ2v) is 6.04. The summed E-state index contributed by atoms with van der Waals surface area (Å²) in [6.07, 6.45) is -3.63. The predicted octanol–water partition coefficient (Wildman–Crippen LogP) is 1.66. The molecule has 2 rings (SSSR count). The maximum absolute atomic E-state index is 13.2. The Morgan fingerprint density at radius 2 is 1.88 bits per heavy atom. The normalized spacial score (nSPS) is 16.6. The van der Waals surface area contributed by atoms with E-state index in [1.165, 1.54) is 6.07 Å². The Hall–Kier alpha value is -2.16. The van der Waals surface area contributed by atoms with Crippen molar-refractivity contribution in [1.82, 2.24) is 10.2 Å². The number of alkyl halides is 3. The lowest BCUT2D eigenvalue weighted by molar-refractivity contribution is -0.140. The van der Waals surface area contributed by atoms with Gasteiger partial charge in [-0.2, -0.15) is 13.2 Å². The molecule has 1 saturated heterocycles. The summed E-state index contributed by atoms with van der Waals surface area (Å²) in [6.45, 7) is 1.06. The SMILES string of the molecule is NC(=O)C1CCN(CC(=O)NCc2ccc(F)c(C(F)(F)F)c2)CC1. The first kappa shape index (κ1) is 19.2. The monoisotopic (exact) mass is 361 g/mol. The van der Waals surface area contributed by atoms with Crippen LogP contribution in [0.2, 0.25) is 0 Å². The molecule has 0 aromatic heterocycles. The quantitative estimate of drug-likeness (QED) is 0.784. The number of primary amides is 1. The first-order valence-corrected chi connectivity index (χ1v) is 7.81. The van der Waals surface area contributed by atoms with Crippen LogP contribution in [0.5, 0.6) is 0 Å². The van der Waals surface area contributed by atoms with Crippen molar-refractivity contribution >= 4 is 11.8 Å². The maximum Gasteiger partial charge on any atom is 0.419 e. The van der Waals surface area contributed by atoms with E-state index < -0.39 is 17.6 Å². The van der Waals surface area contributed by atoms with E-state index in [1.807, 2.05) is 4.90 Å². The fraction of sp³-hybridized carbons (Fsp3) is 0.500. The van der Waals surface area contributed by atoms with E-state index in [-0.39, 0.29) is 36.4 Å². The van der Waals surface area contributed by atoms with Crippen LogP contribution >= 0.6 is 0 Å². The van der Waals surface area contributed by atoms with Gasteiger partial charge in [0.05, 0.1) is 12.1 Å². The van der Waals surface area contributed by atoms with Gasteiger partial charge in [-0.15, -0.1) is 0 Å². The van der Waals surface area contributed by atoms with Gasteiger partial charge in [0.2, 0.25) is 11.8 Å². The van der Waals surface area contributed by atoms with Crippen LogP contribution in [-0.2, 0) is 22.3 Å². The third-order valence-electron chi connectivity index (χ3n) is 4.18. The van der Waals surface area contributed by atoms with Crippen molar-refractivity contribution in [1.29, 1.82) is 0 Å². The lowest BCUT2D eigenvalue weighted by Crippen LogP contribution is -2.43. The number of benzene rings is 1. The highest BCUT2D eigenvalue weighted by Crippen LogP contribution is 2.31. The van der Waals surface area contributed by atoms with Gasteiger partial charge in [-0.05, 0) is 43.6 Å². The van der Waals surface area contributed by atoms with Crippen molar-refractivity contribution in [2.24, 2.45) is 11.7 Å². The summed E-state index contributed by atoms with van der Waals surface area (Å²) in [5.74, 6) is -2.23. The summed E-state index contributed by atoms with van der Waals surface area (Å²) >= 11 is 0. The van der Waals surface area contributed by atoms with Gasteiger partial charge >= 0.3 is 6.18 Å². The molecule has 9 heteroatoms. The highest BCUT2D eigenvalue weighted by atomic mass is 19.4. The molecule has 1 fully saturated rings. The van der Waals surface area contributed by atoms with Crippen LogP contribution in [0.3, 0.4) is 0 Å². The van der Waals surface area contributed by atoms with E-state index in [1.54, 1.807) is 0 Å². The summed E-state index contributed by atoms with van der Waals surface area (Å²) in [5, 5.41) is 2.52. The fourth-order valence-electron chi connectivity index (χ4n) is 2.73. The molecule has 0 bridgehead atoms. The van der Waals surface area contributed by atoms with Crippen LogP contribution < -0.4 is 11.1 Å². The zero-order chi connectivity index (χ0) is 18.6. The lowest BCUT2D eigenvalue weighted by atomic mass is 9.96. The summed E-state index contributed by atoms with van der Waals surface area (Å²) in [4.78, 5) is 24.8. The molecule has 1 heterocycles. The zero-order valence-corrected chi connectivity index (χ0v) is 13.4. The van der Waals surface area contributed by atoms with Crippen LogP contribution in [0.25, 0.3) is 0 Å².